The summed E-state index contributed by atoms with van der Waals surface area (Å²) >= 11 is 0. The lowest BCUT2D eigenvalue weighted by atomic mass is 10.3. The average molecular weight is 247 g/mol. The van der Waals surface area contributed by atoms with E-state index in [0.717, 1.165) is 0 Å². The number of hydrogen-bond donors (Lipinski definition) is 3. The maximum absolute atomic E-state index is 11.5. The molecule has 0 bridgehead atoms. The number of quaternary nitrogens is 1. The van der Waals surface area contributed by atoms with E-state index < -0.39 is 5.39 Å². The van der Waals surface area contributed by atoms with Crippen LogP contribution in [0.4, 0.5) is 11.4 Å². The molecule has 0 atom stereocenters. The molecule has 0 amide bonds. The van der Waals surface area contributed by atoms with Crippen LogP contribution in [-0.2, 0) is 0 Å². The maximum Gasteiger partial charge on any atom is 0.219 e. The minimum absolute atomic E-state index is 0.247. The van der Waals surface area contributed by atoms with E-state index in [4.69, 9.17) is 21.1 Å². The molecule has 6 heteroatoms. The lowest BCUT2D eigenvalue weighted by Gasteiger charge is -2.19. The van der Waals surface area contributed by atoms with Gasteiger partial charge in [0.1, 0.15) is 0 Å². The van der Waals surface area contributed by atoms with Gasteiger partial charge in [-0.1, -0.05) is 24.3 Å². The van der Waals surface area contributed by atoms with E-state index in [1.165, 1.54) is 0 Å². The van der Waals surface area contributed by atoms with E-state index in [1.54, 1.807) is 48.5 Å². The van der Waals surface area contributed by atoms with Crippen LogP contribution in [0.25, 0.3) is 0 Å². The fraction of sp³-hybridized carbons (Fsp3) is 0. The number of nitrogens with two attached hydrogens (primary N) is 2. The van der Waals surface area contributed by atoms with Crippen LogP contribution in [0.1, 0.15) is 0 Å². The quantitative estimate of drug-likeness (QED) is 0.540. The Morgan fingerprint density at radius 1 is 0.778 bits per heavy atom. The summed E-state index contributed by atoms with van der Waals surface area (Å²) in [5.41, 5.74) is 12.0. The maximum atomic E-state index is 11.5. The molecule has 0 saturated heterocycles. The van der Waals surface area contributed by atoms with Crippen LogP contribution in [0.15, 0.2) is 48.5 Å². The highest BCUT2D eigenvalue weighted by Crippen LogP contribution is 2.19. The average Bonchev–Trinajstić information content (AvgIpc) is 2.35. The smallest absolute Gasteiger partial charge is 0.219 e. The van der Waals surface area contributed by atoms with Crippen molar-refractivity contribution in [3.05, 3.63) is 53.7 Å². The van der Waals surface area contributed by atoms with Crippen molar-refractivity contribution >= 4 is 11.4 Å². The van der Waals surface area contributed by atoms with Gasteiger partial charge >= 0.3 is 0 Å². The van der Waals surface area contributed by atoms with E-state index in [-0.39, 0.29) is 11.5 Å². The molecule has 5 N–H and O–H groups in total. The second-order valence-corrected chi connectivity index (χ2v) is 3.53. The van der Waals surface area contributed by atoms with Gasteiger partial charge in [0.05, 0.1) is 11.4 Å². The first-order valence-electron chi connectivity index (χ1n) is 5.25. The van der Waals surface area contributed by atoms with Gasteiger partial charge < -0.3 is 16.7 Å². The van der Waals surface area contributed by atoms with Crippen LogP contribution in [0.5, 0.6) is 11.5 Å². The monoisotopic (exact) mass is 247 g/mol. The van der Waals surface area contributed by atoms with Gasteiger partial charge in [-0.3, -0.25) is 9.68 Å². The molecule has 0 spiro atoms. The van der Waals surface area contributed by atoms with Gasteiger partial charge in [0, 0.05) is 5.39 Å². The third-order valence-electron chi connectivity index (χ3n) is 2.22. The van der Waals surface area contributed by atoms with Crippen LogP contribution in [0.2, 0.25) is 0 Å². The Morgan fingerprint density at radius 2 is 1.17 bits per heavy atom. The largest absolute Gasteiger partial charge is 0.547 e. The standard InChI is InChI=1S/C12H13N3O3/c13-9-5-1-3-7-11(9)17-15(16)18-12-8-4-2-6-10(12)14/h1-8,15H,13-14H2. The molecule has 0 unspecified atom stereocenters. The van der Waals surface area contributed by atoms with Gasteiger partial charge in [-0.15, -0.1) is 0 Å². The van der Waals surface area contributed by atoms with E-state index in [9.17, 15) is 5.21 Å². The molecule has 2 aromatic carbocycles. The fourth-order valence-electron chi connectivity index (χ4n) is 1.35. The summed E-state index contributed by atoms with van der Waals surface area (Å²) in [4.78, 5) is 9.92. The van der Waals surface area contributed by atoms with Gasteiger partial charge in [-0.05, 0) is 24.3 Å². The predicted molar refractivity (Wildman–Crippen MR) is 67.3 cm³/mol. The van der Waals surface area contributed by atoms with E-state index in [0.29, 0.717) is 11.4 Å². The summed E-state index contributed by atoms with van der Waals surface area (Å²) in [7, 11) is 0. The lowest BCUT2D eigenvalue weighted by molar-refractivity contribution is -1.16. The summed E-state index contributed by atoms with van der Waals surface area (Å²) in [5.74, 6) is 0.494. The SMILES string of the molecule is Nc1ccccc1O[NH+]([O-])Oc1ccccc1N. The highest BCUT2D eigenvalue weighted by molar-refractivity contribution is 5.52. The normalized spacial score (nSPS) is 10.3. The van der Waals surface area contributed by atoms with Crippen molar-refractivity contribution in [2.75, 3.05) is 11.5 Å². The van der Waals surface area contributed by atoms with Gasteiger partial charge in [0.25, 0.3) is 0 Å². The first-order valence-corrected chi connectivity index (χ1v) is 5.25. The van der Waals surface area contributed by atoms with Crippen LogP contribution in [0.3, 0.4) is 0 Å². The molecule has 18 heavy (non-hydrogen) atoms. The van der Waals surface area contributed by atoms with Crippen LogP contribution in [-0.4, -0.2) is 0 Å². The predicted octanol–water partition coefficient (Wildman–Crippen LogP) is 0.521. The molecule has 0 radical (unpaired) electrons. The van der Waals surface area contributed by atoms with Crippen molar-refractivity contribution in [3.63, 3.8) is 0 Å². The van der Waals surface area contributed by atoms with Crippen molar-refractivity contribution < 1.29 is 15.1 Å². The summed E-state index contributed by atoms with van der Waals surface area (Å²) in [6, 6.07) is 13.3. The molecule has 0 fully saturated rings. The third-order valence-corrected chi connectivity index (χ3v) is 2.22. The van der Waals surface area contributed by atoms with Crippen molar-refractivity contribution in [1.29, 1.82) is 0 Å². The zero-order chi connectivity index (χ0) is 13.0. The highest BCUT2D eigenvalue weighted by atomic mass is 17.1. The van der Waals surface area contributed by atoms with Gasteiger partial charge in [0.2, 0.25) is 11.5 Å². The third kappa shape index (κ3) is 2.82. The van der Waals surface area contributed by atoms with Gasteiger partial charge in [-0.2, -0.15) is 0 Å². The number of nitrogens with one attached hydrogen (secondary N) is 1. The minimum Gasteiger partial charge on any atom is -0.547 e. The first-order chi connectivity index (χ1) is 8.66. The van der Waals surface area contributed by atoms with Crippen LogP contribution < -0.4 is 26.5 Å². The Bertz CT molecular complexity index is 486. The van der Waals surface area contributed by atoms with E-state index in [2.05, 4.69) is 0 Å². The molecular formula is C12H13N3O3. The summed E-state index contributed by atoms with van der Waals surface area (Å²) < 4.78 is 0. The molecule has 2 rings (SSSR count). The van der Waals surface area contributed by atoms with Crippen molar-refractivity contribution in [2.45, 2.75) is 0 Å². The van der Waals surface area contributed by atoms with Gasteiger partial charge in [-0.25, -0.2) is 0 Å². The Labute approximate surface area is 104 Å². The molecule has 0 saturated carbocycles. The van der Waals surface area contributed by atoms with E-state index >= 15 is 0 Å². The number of anilines is 2. The molecule has 94 valence electrons. The minimum atomic E-state index is -0.884. The summed E-state index contributed by atoms with van der Waals surface area (Å²) in [6.45, 7) is 0. The second-order valence-electron chi connectivity index (χ2n) is 3.53. The first kappa shape index (κ1) is 12.0. The molecule has 0 heterocycles. The zero-order valence-electron chi connectivity index (χ0n) is 9.50. The van der Waals surface area contributed by atoms with Crippen molar-refractivity contribution in [1.82, 2.24) is 0 Å². The number of para-hydroxylation sites is 4. The number of hydrogen-bond acceptors (Lipinski definition) is 5. The van der Waals surface area contributed by atoms with Gasteiger partial charge in [0.15, 0.2) is 0 Å². The molecule has 0 aromatic heterocycles. The Kier molecular flexibility index (Phi) is 3.52. The molecule has 0 aliphatic carbocycles. The topological polar surface area (TPSA) is 98.0 Å². The second kappa shape index (κ2) is 5.26. The number of rotatable bonds is 4. The summed E-state index contributed by atoms with van der Waals surface area (Å²) in [6.07, 6.45) is 0. The fourth-order valence-corrected chi connectivity index (χ4v) is 1.35. The molecule has 2 aromatic rings. The van der Waals surface area contributed by atoms with E-state index in [1.807, 2.05) is 0 Å². The van der Waals surface area contributed by atoms with Crippen molar-refractivity contribution in [2.24, 2.45) is 0 Å². The lowest BCUT2D eigenvalue weighted by Crippen LogP contribution is -3.11. The van der Waals surface area contributed by atoms with Crippen molar-refractivity contribution in [3.8, 4) is 11.5 Å². The molecule has 0 aliphatic rings. The Morgan fingerprint density at radius 3 is 1.56 bits per heavy atom. The zero-order valence-corrected chi connectivity index (χ0v) is 9.50. The van der Waals surface area contributed by atoms with Crippen LogP contribution >= 0.6 is 0 Å². The summed E-state index contributed by atoms with van der Waals surface area (Å²) in [5, 5.41) is 10.6. The van der Waals surface area contributed by atoms with Crippen LogP contribution in [0, 0.1) is 5.21 Å². The molecule has 6 nitrogen and oxygen atoms in total. The number of benzene rings is 2. The Balaban J connectivity index is 2.04. The highest BCUT2D eigenvalue weighted by Gasteiger charge is 2.08. The Hall–Kier alpha value is -2.44. The molecule has 0 aliphatic heterocycles. The molecular weight excluding hydrogens is 234 g/mol. The number of nitrogen functional groups attached to an aromatic ring is 2.